The quantitative estimate of drug-likeness (QED) is 0.0624. The normalized spacial score (nSPS) is 13.5. The van der Waals surface area contributed by atoms with Gasteiger partial charge in [0.1, 0.15) is 0 Å². The van der Waals surface area contributed by atoms with Crippen LogP contribution in [0.1, 0.15) is 88.8 Å². The van der Waals surface area contributed by atoms with E-state index in [0.717, 1.165) is 60.2 Å². The molecule has 2 unspecified atom stereocenters. The van der Waals surface area contributed by atoms with Crippen molar-refractivity contribution >= 4 is 52.6 Å². The van der Waals surface area contributed by atoms with Crippen LogP contribution in [0.15, 0.2) is 48.5 Å². The van der Waals surface area contributed by atoms with Crippen molar-refractivity contribution in [2.75, 3.05) is 37.0 Å². The first-order valence-corrected chi connectivity index (χ1v) is 20.8. The van der Waals surface area contributed by atoms with Crippen molar-refractivity contribution in [3.63, 3.8) is 0 Å². The van der Waals surface area contributed by atoms with E-state index in [9.17, 15) is 18.9 Å². The second-order valence-corrected chi connectivity index (χ2v) is 15.7. The number of fused-ring (bicyclic) bond motifs is 2. The molecule has 2 aromatic rings. The first-order valence-electron chi connectivity index (χ1n) is 16.4. The van der Waals surface area contributed by atoms with Crippen LogP contribution >= 0.6 is 29.2 Å². The molecule has 12 heteroatoms. The van der Waals surface area contributed by atoms with Gasteiger partial charge < -0.3 is 25.0 Å². The Labute approximate surface area is 288 Å². The Bertz CT molecular complexity index is 1390. The van der Waals surface area contributed by atoms with Gasteiger partial charge in [0.15, 0.2) is 0 Å². The highest BCUT2D eigenvalue weighted by Gasteiger charge is 2.21. The number of carbonyl (C=O) groups is 3. The van der Waals surface area contributed by atoms with E-state index in [1.165, 1.54) is 6.66 Å². The number of carbonyl (C=O) groups excluding carboxylic acids is 3. The van der Waals surface area contributed by atoms with E-state index in [2.05, 4.69) is 29.4 Å². The molecule has 0 aliphatic carbocycles. The van der Waals surface area contributed by atoms with Gasteiger partial charge in [-0.1, -0.05) is 97.4 Å². The summed E-state index contributed by atoms with van der Waals surface area (Å²) in [5.74, 6) is 6.92. The van der Waals surface area contributed by atoms with Crippen LogP contribution < -0.4 is 15.5 Å². The average molecular weight is 704 g/mol. The molecule has 0 bridgehead atoms. The van der Waals surface area contributed by atoms with Crippen molar-refractivity contribution in [3.05, 3.63) is 65.2 Å². The van der Waals surface area contributed by atoms with Crippen molar-refractivity contribution in [1.82, 2.24) is 10.6 Å². The number of nitrogens with zero attached hydrogens (tertiary/aromatic N) is 1. The van der Waals surface area contributed by atoms with Crippen molar-refractivity contribution in [3.8, 4) is 11.8 Å². The Morgan fingerprint density at radius 2 is 1.55 bits per heavy atom. The number of anilines is 1. The standard InChI is InChI=1S/C33H44N3O6PS2.C2H6/c1-26(15-18-31(37)34-21-9-3-4-10-23-42-43(2,40)41)45-44-24-22-35-32(38)19-20-33(39)36-25-29-13-6-5-11-27(29)16-17-28-12-7-8-14-30(28)36;1-2/h5-8,11-14,26H,3-4,9-10,15,18-25H2,1-2H3,(H,34,37)(H,35,38)(H,40,41);1-2H3. The monoisotopic (exact) mass is 703 g/mol. The summed E-state index contributed by atoms with van der Waals surface area (Å²) in [6, 6.07) is 15.4. The van der Waals surface area contributed by atoms with Crippen LogP contribution in [0.2, 0.25) is 0 Å². The van der Waals surface area contributed by atoms with Crippen LogP contribution in [0.4, 0.5) is 5.69 Å². The summed E-state index contributed by atoms with van der Waals surface area (Å²) in [5, 5.41) is 6.16. The van der Waals surface area contributed by atoms with Crippen molar-refractivity contribution in [2.45, 2.75) is 83.9 Å². The van der Waals surface area contributed by atoms with E-state index < -0.39 is 7.60 Å². The van der Waals surface area contributed by atoms with Gasteiger partial charge in [-0.15, -0.1) is 0 Å². The Morgan fingerprint density at radius 1 is 0.915 bits per heavy atom. The Kier molecular flexibility index (Phi) is 19.6. The van der Waals surface area contributed by atoms with Gasteiger partial charge in [-0.25, -0.2) is 0 Å². The highest BCUT2D eigenvalue weighted by Crippen LogP contribution is 2.36. The molecule has 3 amide bonds. The molecule has 2 atom stereocenters. The molecule has 0 saturated carbocycles. The lowest BCUT2D eigenvalue weighted by Gasteiger charge is -2.26. The summed E-state index contributed by atoms with van der Waals surface area (Å²) in [5.41, 5.74) is 3.43. The van der Waals surface area contributed by atoms with Crippen LogP contribution in [0.3, 0.4) is 0 Å². The van der Waals surface area contributed by atoms with Crippen LogP contribution in [0.25, 0.3) is 0 Å². The van der Waals surface area contributed by atoms with E-state index >= 15 is 0 Å². The van der Waals surface area contributed by atoms with Gasteiger partial charge in [-0.05, 0) is 43.0 Å². The van der Waals surface area contributed by atoms with Gasteiger partial charge in [0.2, 0.25) is 17.7 Å². The third kappa shape index (κ3) is 16.8. The number of amides is 3. The van der Waals surface area contributed by atoms with Gasteiger partial charge >= 0.3 is 7.60 Å². The molecule has 0 fully saturated rings. The molecule has 2 aromatic carbocycles. The summed E-state index contributed by atoms with van der Waals surface area (Å²) in [7, 11) is -0.0223. The Balaban J connectivity index is 0.00000376. The predicted octanol–water partition coefficient (Wildman–Crippen LogP) is 6.91. The molecule has 3 rings (SSSR count). The Morgan fingerprint density at radius 3 is 2.32 bits per heavy atom. The summed E-state index contributed by atoms with van der Waals surface area (Å²) in [6.45, 7) is 9.09. The number of rotatable bonds is 19. The van der Waals surface area contributed by atoms with E-state index in [1.807, 2.05) is 62.4 Å². The molecule has 1 heterocycles. The van der Waals surface area contributed by atoms with Gasteiger partial charge in [-0.2, -0.15) is 0 Å². The number of benzene rings is 2. The summed E-state index contributed by atoms with van der Waals surface area (Å²) >= 11 is 0. The first kappa shape index (κ1) is 40.4. The van der Waals surface area contributed by atoms with Crippen LogP contribution in [-0.4, -0.2) is 60.0 Å². The molecule has 9 nitrogen and oxygen atoms in total. The van der Waals surface area contributed by atoms with E-state index in [0.29, 0.717) is 31.3 Å². The molecule has 1 aliphatic heterocycles. The maximum atomic E-state index is 13.3. The molecule has 1 aliphatic rings. The largest absolute Gasteiger partial charge is 0.356 e. The predicted molar refractivity (Wildman–Crippen MR) is 196 cm³/mol. The Hall–Kier alpha value is -2.74. The third-order valence-corrected chi connectivity index (χ3v) is 10.6. The zero-order valence-electron chi connectivity index (χ0n) is 28.1. The fraction of sp³-hybridized carbons (Fsp3) is 0.514. The third-order valence-electron chi connectivity index (χ3n) is 6.98. The van der Waals surface area contributed by atoms with Crippen LogP contribution in [-0.2, 0) is 30.0 Å². The fourth-order valence-corrected chi connectivity index (χ4v) is 7.28. The summed E-state index contributed by atoms with van der Waals surface area (Å²) in [6.07, 6.45) is 4.87. The van der Waals surface area contributed by atoms with Gasteiger partial charge in [0.25, 0.3) is 0 Å². The summed E-state index contributed by atoms with van der Waals surface area (Å²) in [4.78, 5) is 48.7. The molecule has 0 aromatic heterocycles. The molecule has 47 heavy (non-hydrogen) atoms. The molecular weight excluding hydrogens is 654 g/mol. The van der Waals surface area contributed by atoms with Gasteiger partial charge in [-0.3, -0.25) is 18.9 Å². The highest BCUT2D eigenvalue weighted by atomic mass is 33.1. The zero-order chi connectivity index (χ0) is 34.5. The fourth-order valence-electron chi connectivity index (χ4n) is 4.56. The minimum absolute atomic E-state index is 0.0427. The molecule has 3 N–H and O–H groups in total. The molecule has 0 saturated heterocycles. The number of hydrogen-bond acceptors (Lipinski definition) is 7. The summed E-state index contributed by atoms with van der Waals surface area (Å²) < 4.78 is 15.9. The molecule has 258 valence electrons. The maximum absolute atomic E-state index is 13.3. The maximum Gasteiger partial charge on any atom is 0.325 e. The lowest BCUT2D eigenvalue weighted by Crippen LogP contribution is -2.33. The van der Waals surface area contributed by atoms with E-state index in [-0.39, 0.29) is 37.2 Å². The van der Waals surface area contributed by atoms with Crippen LogP contribution in [0.5, 0.6) is 0 Å². The minimum atomic E-state index is -3.39. The molecular formula is C35H50N3O6PS2. The highest BCUT2D eigenvalue weighted by molar-refractivity contribution is 8.76. The molecule has 0 radical (unpaired) electrons. The van der Waals surface area contributed by atoms with Crippen LogP contribution in [0, 0.1) is 11.8 Å². The van der Waals surface area contributed by atoms with Gasteiger partial charge in [0, 0.05) is 61.1 Å². The second-order valence-electron chi connectivity index (χ2n) is 10.9. The van der Waals surface area contributed by atoms with Gasteiger partial charge in [0.05, 0.1) is 18.8 Å². The minimum Gasteiger partial charge on any atom is -0.356 e. The van der Waals surface area contributed by atoms with Crippen molar-refractivity contribution in [2.24, 2.45) is 0 Å². The topological polar surface area (TPSA) is 125 Å². The average Bonchev–Trinajstić information content (AvgIpc) is 3.05. The number of nitrogens with one attached hydrogen (secondary N) is 2. The van der Waals surface area contributed by atoms with Crippen molar-refractivity contribution < 1.29 is 28.4 Å². The smallest absolute Gasteiger partial charge is 0.325 e. The SMILES string of the molecule is CC.CC(CCC(=O)NCCCCCCOP(C)(=O)O)SSCCNC(=O)CCC(=O)N1Cc2ccccc2C#Cc2ccccc21. The first-order chi connectivity index (χ1) is 22.6. The number of para-hydroxylation sites is 1. The number of unbranched alkanes of at least 4 members (excludes halogenated alkanes) is 3. The lowest BCUT2D eigenvalue weighted by molar-refractivity contribution is -0.125. The zero-order valence-corrected chi connectivity index (χ0v) is 30.6. The second kappa shape index (κ2) is 22.8. The lowest BCUT2D eigenvalue weighted by atomic mass is 10.0. The van der Waals surface area contributed by atoms with E-state index in [1.54, 1.807) is 26.5 Å². The number of hydrogen-bond donors (Lipinski definition) is 3. The molecule has 0 spiro atoms. The van der Waals surface area contributed by atoms with Crippen molar-refractivity contribution in [1.29, 1.82) is 0 Å². The van der Waals surface area contributed by atoms with E-state index in [4.69, 9.17) is 9.42 Å².